The highest BCUT2D eigenvalue weighted by Crippen LogP contribution is 2.30. The molecule has 0 aliphatic heterocycles. The number of halogens is 2. The van der Waals surface area contributed by atoms with Crippen molar-refractivity contribution in [1.29, 1.82) is 0 Å². The summed E-state index contributed by atoms with van der Waals surface area (Å²) in [6.45, 7) is 0.599. The second-order valence-corrected chi connectivity index (χ2v) is 7.71. The Hall–Kier alpha value is -3.42. The van der Waals surface area contributed by atoms with Crippen LogP contribution in [0.4, 0.5) is 4.39 Å². The fourth-order valence-electron chi connectivity index (χ4n) is 3.49. The van der Waals surface area contributed by atoms with Gasteiger partial charge in [-0.25, -0.2) is 4.39 Å². The first kappa shape index (κ1) is 22.8. The number of hydrogen-bond donors (Lipinski definition) is 1. The third-order valence-electron chi connectivity index (χ3n) is 5.21. The maximum atomic E-state index is 13.5. The molecule has 0 bridgehead atoms. The molecule has 0 saturated heterocycles. The molecule has 1 N–H and O–H groups in total. The van der Waals surface area contributed by atoms with E-state index < -0.39 is 6.04 Å². The van der Waals surface area contributed by atoms with Gasteiger partial charge in [-0.05, 0) is 53.9 Å². The van der Waals surface area contributed by atoms with Crippen molar-refractivity contribution >= 4 is 11.6 Å². The van der Waals surface area contributed by atoms with Gasteiger partial charge in [0.2, 0.25) is 11.8 Å². The summed E-state index contributed by atoms with van der Waals surface area (Å²) in [5, 5.41) is 12.4. The first-order chi connectivity index (χ1) is 16.1. The van der Waals surface area contributed by atoms with Crippen LogP contribution in [0.5, 0.6) is 11.5 Å². The quantitative estimate of drug-likeness (QED) is 0.352. The Morgan fingerprint density at radius 2 is 1.73 bits per heavy atom. The average molecular weight is 468 g/mol. The molecule has 0 spiro atoms. The molecule has 6 nitrogen and oxygen atoms in total. The van der Waals surface area contributed by atoms with Crippen molar-refractivity contribution < 1.29 is 18.3 Å². The van der Waals surface area contributed by atoms with Gasteiger partial charge in [0.25, 0.3) is 0 Å². The van der Waals surface area contributed by atoms with E-state index >= 15 is 0 Å². The summed E-state index contributed by atoms with van der Waals surface area (Å²) in [6.07, 6.45) is 0.712. The monoisotopic (exact) mass is 467 g/mol. The highest BCUT2D eigenvalue weighted by molar-refractivity contribution is 6.33. The zero-order chi connectivity index (χ0) is 23.2. The SMILES string of the molecule is COc1ccc(CCN[C@@H](c2ccc(F)cc2)c2nnc(-c3ccccc3Cl)o2)cc1OC. The molecule has 0 fully saturated rings. The Labute approximate surface area is 196 Å². The Kier molecular flexibility index (Phi) is 7.22. The Balaban J connectivity index is 1.55. The highest BCUT2D eigenvalue weighted by Gasteiger charge is 2.22. The molecular weight excluding hydrogens is 445 g/mol. The second-order valence-electron chi connectivity index (χ2n) is 7.30. The minimum absolute atomic E-state index is 0.315. The molecule has 0 radical (unpaired) electrons. The number of benzene rings is 3. The van der Waals surface area contributed by atoms with Crippen LogP contribution in [-0.2, 0) is 6.42 Å². The van der Waals surface area contributed by atoms with Crippen LogP contribution in [0.15, 0.2) is 71.1 Å². The lowest BCUT2D eigenvalue weighted by Gasteiger charge is -2.16. The molecule has 4 rings (SSSR count). The molecule has 0 saturated carbocycles. The molecule has 1 atom stereocenters. The van der Waals surface area contributed by atoms with Gasteiger partial charge in [-0.2, -0.15) is 0 Å². The predicted molar refractivity (Wildman–Crippen MR) is 124 cm³/mol. The highest BCUT2D eigenvalue weighted by atomic mass is 35.5. The molecule has 0 unspecified atom stereocenters. The van der Waals surface area contributed by atoms with Crippen LogP contribution in [-0.4, -0.2) is 31.0 Å². The van der Waals surface area contributed by atoms with Crippen molar-refractivity contribution in [2.24, 2.45) is 0 Å². The van der Waals surface area contributed by atoms with Crippen LogP contribution in [0, 0.1) is 5.82 Å². The zero-order valence-corrected chi connectivity index (χ0v) is 19.0. The Morgan fingerprint density at radius 1 is 0.970 bits per heavy atom. The summed E-state index contributed by atoms with van der Waals surface area (Å²) in [5.74, 6) is 1.72. The van der Waals surface area contributed by atoms with Crippen molar-refractivity contribution in [3.63, 3.8) is 0 Å². The number of nitrogens with zero attached hydrogens (tertiary/aromatic N) is 2. The predicted octanol–water partition coefficient (Wildman–Crippen LogP) is 5.47. The smallest absolute Gasteiger partial charge is 0.249 e. The Bertz CT molecular complexity index is 1210. The molecule has 170 valence electrons. The first-order valence-corrected chi connectivity index (χ1v) is 10.7. The molecule has 1 heterocycles. The fourth-order valence-corrected chi connectivity index (χ4v) is 3.71. The van der Waals surface area contributed by atoms with Gasteiger partial charge in [0, 0.05) is 6.54 Å². The van der Waals surface area contributed by atoms with Crippen LogP contribution in [0.25, 0.3) is 11.5 Å². The summed E-state index contributed by atoms with van der Waals surface area (Å²) in [4.78, 5) is 0. The zero-order valence-electron chi connectivity index (χ0n) is 18.2. The normalized spacial score (nSPS) is 11.9. The van der Waals surface area contributed by atoms with E-state index in [4.69, 9.17) is 25.5 Å². The summed E-state index contributed by atoms with van der Waals surface area (Å²) < 4.78 is 30.2. The van der Waals surface area contributed by atoms with Gasteiger partial charge in [-0.15, -0.1) is 10.2 Å². The lowest BCUT2D eigenvalue weighted by atomic mass is 10.1. The Morgan fingerprint density at radius 3 is 2.45 bits per heavy atom. The van der Waals surface area contributed by atoms with E-state index in [2.05, 4.69) is 15.5 Å². The maximum absolute atomic E-state index is 13.5. The van der Waals surface area contributed by atoms with Crippen LogP contribution in [0.2, 0.25) is 5.02 Å². The van der Waals surface area contributed by atoms with Gasteiger partial charge in [0.05, 0.1) is 24.8 Å². The van der Waals surface area contributed by atoms with E-state index in [1.165, 1.54) is 12.1 Å². The van der Waals surface area contributed by atoms with Gasteiger partial charge >= 0.3 is 0 Å². The molecule has 4 aromatic rings. The van der Waals surface area contributed by atoms with E-state index in [-0.39, 0.29) is 5.82 Å². The minimum Gasteiger partial charge on any atom is -0.493 e. The van der Waals surface area contributed by atoms with Crippen molar-refractivity contribution in [1.82, 2.24) is 15.5 Å². The van der Waals surface area contributed by atoms with Crippen LogP contribution in [0.1, 0.15) is 23.1 Å². The van der Waals surface area contributed by atoms with Crippen molar-refractivity contribution in [3.05, 3.63) is 94.6 Å². The molecule has 33 heavy (non-hydrogen) atoms. The van der Waals surface area contributed by atoms with Gasteiger partial charge in [-0.1, -0.05) is 41.9 Å². The third-order valence-corrected chi connectivity index (χ3v) is 5.53. The fraction of sp³-hybridized carbons (Fsp3) is 0.200. The van der Waals surface area contributed by atoms with E-state index in [9.17, 15) is 4.39 Å². The van der Waals surface area contributed by atoms with Crippen molar-refractivity contribution in [2.45, 2.75) is 12.5 Å². The number of ether oxygens (including phenoxy) is 2. The van der Waals surface area contributed by atoms with E-state index in [1.807, 2.05) is 36.4 Å². The average Bonchev–Trinajstić information content (AvgIpc) is 3.32. The van der Waals surface area contributed by atoms with Crippen LogP contribution >= 0.6 is 11.6 Å². The number of nitrogens with one attached hydrogen (secondary N) is 1. The summed E-state index contributed by atoms with van der Waals surface area (Å²) in [6, 6.07) is 18.8. The summed E-state index contributed by atoms with van der Waals surface area (Å²) >= 11 is 6.28. The number of aromatic nitrogens is 2. The van der Waals surface area contributed by atoms with E-state index in [0.29, 0.717) is 46.8 Å². The van der Waals surface area contributed by atoms with Gasteiger partial charge in [-0.3, -0.25) is 0 Å². The lowest BCUT2D eigenvalue weighted by molar-refractivity contribution is 0.354. The standard InChI is InChI=1S/C25H23ClFN3O3/c1-31-21-12-7-16(15-22(21)32-2)13-14-28-23(17-8-10-18(27)11-9-17)25-30-29-24(33-25)19-5-3-4-6-20(19)26/h3-12,15,23,28H,13-14H2,1-2H3/t23-/m0/s1. The molecule has 0 aliphatic carbocycles. The van der Waals surface area contributed by atoms with E-state index in [0.717, 1.165) is 11.1 Å². The molecule has 1 aromatic heterocycles. The lowest BCUT2D eigenvalue weighted by Crippen LogP contribution is -2.25. The first-order valence-electron chi connectivity index (χ1n) is 10.4. The topological polar surface area (TPSA) is 69.4 Å². The van der Waals surface area contributed by atoms with Gasteiger partial charge < -0.3 is 19.2 Å². The molecule has 0 aliphatic rings. The van der Waals surface area contributed by atoms with E-state index in [1.54, 1.807) is 32.4 Å². The third kappa shape index (κ3) is 5.32. The number of hydrogen-bond acceptors (Lipinski definition) is 6. The van der Waals surface area contributed by atoms with Crippen molar-refractivity contribution in [3.8, 4) is 23.0 Å². The number of methoxy groups -OCH3 is 2. The maximum Gasteiger partial charge on any atom is 0.249 e. The van der Waals surface area contributed by atoms with Gasteiger partial charge in [0.1, 0.15) is 11.9 Å². The second kappa shape index (κ2) is 10.5. The minimum atomic E-state index is -0.422. The van der Waals surface area contributed by atoms with Gasteiger partial charge in [0.15, 0.2) is 11.5 Å². The number of rotatable bonds is 9. The van der Waals surface area contributed by atoms with Crippen LogP contribution in [0.3, 0.4) is 0 Å². The molecule has 3 aromatic carbocycles. The molecule has 0 amide bonds. The summed E-state index contributed by atoms with van der Waals surface area (Å²) in [5.41, 5.74) is 2.53. The largest absolute Gasteiger partial charge is 0.493 e. The molecular formula is C25H23ClFN3O3. The van der Waals surface area contributed by atoms with Crippen LogP contribution < -0.4 is 14.8 Å². The summed E-state index contributed by atoms with van der Waals surface area (Å²) in [7, 11) is 3.21. The molecule has 8 heteroatoms. The van der Waals surface area contributed by atoms with Crippen molar-refractivity contribution in [2.75, 3.05) is 20.8 Å².